The minimum absolute atomic E-state index is 0.331. The molecule has 1 aliphatic heterocycles. The number of carbonyl (C=O) groups is 1. The Labute approximate surface area is 123 Å². The lowest BCUT2D eigenvalue weighted by molar-refractivity contribution is -0.137. The van der Waals surface area contributed by atoms with Gasteiger partial charge in [-0.2, -0.15) is 0 Å². The summed E-state index contributed by atoms with van der Waals surface area (Å²) in [6.45, 7) is 2.17. The van der Waals surface area contributed by atoms with Crippen LogP contribution in [0, 0.1) is 0 Å². The molecule has 1 heterocycles. The Hall–Kier alpha value is -2.55. The molecule has 0 amide bonds. The van der Waals surface area contributed by atoms with E-state index < -0.39 is 0 Å². The molecule has 0 radical (unpaired) electrons. The van der Waals surface area contributed by atoms with Crippen LogP contribution in [0.15, 0.2) is 60.4 Å². The summed E-state index contributed by atoms with van der Waals surface area (Å²) in [4.78, 5) is 11.4. The van der Waals surface area contributed by atoms with Crippen molar-refractivity contribution in [3.05, 3.63) is 65.9 Å². The SMILES string of the molecule is CCOC(=O)/C=C/C1=COc2ccc3ccccc3c2C1. The number of rotatable bonds is 3. The molecule has 0 aromatic heterocycles. The summed E-state index contributed by atoms with van der Waals surface area (Å²) in [5.74, 6) is 0.545. The minimum atomic E-state index is -0.331. The molecule has 0 unspecified atom stereocenters. The van der Waals surface area contributed by atoms with E-state index in [4.69, 9.17) is 9.47 Å². The van der Waals surface area contributed by atoms with Crippen molar-refractivity contribution in [3.8, 4) is 5.75 Å². The Bertz CT molecular complexity index is 741. The average Bonchev–Trinajstić information content (AvgIpc) is 2.53. The smallest absolute Gasteiger partial charge is 0.330 e. The van der Waals surface area contributed by atoms with Crippen LogP contribution in [0.5, 0.6) is 5.75 Å². The predicted octanol–water partition coefficient (Wildman–Crippen LogP) is 3.78. The number of ether oxygens (including phenoxy) is 2. The van der Waals surface area contributed by atoms with Gasteiger partial charge in [0.05, 0.1) is 12.9 Å². The van der Waals surface area contributed by atoms with Gasteiger partial charge in [0.15, 0.2) is 0 Å². The number of carbonyl (C=O) groups excluding carboxylic acids is 1. The van der Waals surface area contributed by atoms with Gasteiger partial charge >= 0.3 is 5.97 Å². The second kappa shape index (κ2) is 5.83. The Balaban J connectivity index is 1.87. The first kappa shape index (κ1) is 13.4. The lowest BCUT2D eigenvalue weighted by atomic mass is 9.96. The molecule has 106 valence electrons. The van der Waals surface area contributed by atoms with E-state index in [-0.39, 0.29) is 5.97 Å². The Morgan fingerprint density at radius 1 is 1.29 bits per heavy atom. The second-order valence-corrected chi connectivity index (χ2v) is 4.84. The van der Waals surface area contributed by atoms with Crippen molar-refractivity contribution in [3.63, 3.8) is 0 Å². The van der Waals surface area contributed by atoms with Gasteiger partial charge in [-0.25, -0.2) is 4.79 Å². The van der Waals surface area contributed by atoms with Gasteiger partial charge < -0.3 is 9.47 Å². The van der Waals surface area contributed by atoms with E-state index in [1.165, 1.54) is 16.8 Å². The van der Waals surface area contributed by atoms with Crippen LogP contribution in [-0.2, 0) is 16.0 Å². The van der Waals surface area contributed by atoms with E-state index in [0.717, 1.165) is 23.3 Å². The molecule has 0 spiro atoms. The highest BCUT2D eigenvalue weighted by atomic mass is 16.5. The zero-order valence-electron chi connectivity index (χ0n) is 11.8. The number of hydrogen-bond acceptors (Lipinski definition) is 3. The van der Waals surface area contributed by atoms with E-state index in [2.05, 4.69) is 18.2 Å². The van der Waals surface area contributed by atoms with Crippen molar-refractivity contribution in [1.82, 2.24) is 0 Å². The fourth-order valence-corrected chi connectivity index (χ4v) is 2.46. The maximum absolute atomic E-state index is 11.4. The molecular weight excluding hydrogens is 264 g/mol. The molecule has 3 heteroatoms. The number of fused-ring (bicyclic) bond motifs is 3. The normalized spacial score (nSPS) is 13.7. The number of allylic oxidation sites excluding steroid dienone is 2. The van der Waals surface area contributed by atoms with Crippen molar-refractivity contribution >= 4 is 16.7 Å². The highest BCUT2D eigenvalue weighted by molar-refractivity contribution is 5.88. The van der Waals surface area contributed by atoms with Crippen LogP contribution in [0.25, 0.3) is 10.8 Å². The first-order valence-electron chi connectivity index (χ1n) is 6.99. The molecule has 1 aliphatic rings. The largest absolute Gasteiger partial charge is 0.464 e. The molecule has 3 nitrogen and oxygen atoms in total. The third kappa shape index (κ3) is 2.82. The molecule has 0 N–H and O–H groups in total. The molecule has 2 aromatic carbocycles. The van der Waals surface area contributed by atoms with Gasteiger partial charge in [0, 0.05) is 18.1 Å². The van der Waals surface area contributed by atoms with E-state index in [1.807, 2.05) is 18.2 Å². The van der Waals surface area contributed by atoms with Gasteiger partial charge in [-0.05, 0) is 35.4 Å². The number of hydrogen-bond donors (Lipinski definition) is 0. The summed E-state index contributed by atoms with van der Waals surface area (Å²) in [5.41, 5.74) is 2.10. The second-order valence-electron chi connectivity index (χ2n) is 4.84. The lowest BCUT2D eigenvalue weighted by Gasteiger charge is -2.17. The van der Waals surface area contributed by atoms with Crippen LogP contribution in [0.1, 0.15) is 12.5 Å². The predicted molar refractivity (Wildman–Crippen MR) is 82.1 cm³/mol. The Morgan fingerprint density at radius 3 is 3.00 bits per heavy atom. The maximum atomic E-state index is 11.4. The zero-order chi connectivity index (χ0) is 14.7. The van der Waals surface area contributed by atoms with Gasteiger partial charge in [0.2, 0.25) is 0 Å². The van der Waals surface area contributed by atoms with Gasteiger partial charge in [-0.1, -0.05) is 30.3 Å². The van der Waals surface area contributed by atoms with E-state index in [0.29, 0.717) is 6.61 Å². The zero-order valence-corrected chi connectivity index (χ0v) is 11.8. The van der Waals surface area contributed by atoms with Gasteiger partial charge in [0.1, 0.15) is 5.75 Å². The minimum Gasteiger partial charge on any atom is -0.464 e. The topological polar surface area (TPSA) is 35.5 Å². The van der Waals surface area contributed by atoms with Crippen LogP contribution in [0.3, 0.4) is 0 Å². The van der Waals surface area contributed by atoms with E-state index >= 15 is 0 Å². The van der Waals surface area contributed by atoms with Crippen molar-refractivity contribution < 1.29 is 14.3 Å². The number of benzene rings is 2. The fourth-order valence-electron chi connectivity index (χ4n) is 2.46. The molecule has 0 saturated heterocycles. The van der Waals surface area contributed by atoms with Gasteiger partial charge in [-0.3, -0.25) is 0 Å². The quantitative estimate of drug-likeness (QED) is 0.634. The summed E-state index contributed by atoms with van der Waals surface area (Å²) in [6, 6.07) is 12.3. The van der Waals surface area contributed by atoms with E-state index in [9.17, 15) is 4.79 Å². The first-order chi connectivity index (χ1) is 10.3. The van der Waals surface area contributed by atoms with Crippen LogP contribution in [-0.4, -0.2) is 12.6 Å². The van der Waals surface area contributed by atoms with Crippen LogP contribution < -0.4 is 4.74 Å². The summed E-state index contributed by atoms with van der Waals surface area (Å²) < 4.78 is 10.5. The highest BCUT2D eigenvalue weighted by Crippen LogP contribution is 2.33. The van der Waals surface area contributed by atoms with Crippen molar-refractivity contribution in [1.29, 1.82) is 0 Å². The monoisotopic (exact) mass is 280 g/mol. The van der Waals surface area contributed by atoms with Crippen molar-refractivity contribution in [2.75, 3.05) is 6.61 Å². The third-order valence-corrected chi connectivity index (χ3v) is 3.44. The molecular formula is C18H16O3. The van der Waals surface area contributed by atoms with Gasteiger partial charge in [0.25, 0.3) is 0 Å². The standard InChI is InChI=1S/C18H16O3/c1-2-20-18(19)10-7-13-11-16-15-6-4-3-5-14(15)8-9-17(16)21-12-13/h3-10,12H,2,11H2,1H3/b10-7+. The molecule has 0 atom stereocenters. The highest BCUT2D eigenvalue weighted by Gasteiger charge is 2.14. The third-order valence-electron chi connectivity index (χ3n) is 3.44. The van der Waals surface area contributed by atoms with Crippen LogP contribution in [0.2, 0.25) is 0 Å². The fraction of sp³-hybridized carbons (Fsp3) is 0.167. The van der Waals surface area contributed by atoms with Crippen LogP contribution in [0.4, 0.5) is 0 Å². The van der Waals surface area contributed by atoms with E-state index in [1.54, 1.807) is 19.3 Å². The summed E-state index contributed by atoms with van der Waals surface area (Å²) in [7, 11) is 0. The maximum Gasteiger partial charge on any atom is 0.330 e. The summed E-state index contributed by atoms with van der Waals surface area (Å²) in [5, 5.41) is 2.38. The Kier molecular flexibility index (Phi) is 3.73. The summed E-state index contributed by atoms with van der Waals surface area (Å²) >= 11 is 0. The first-order valence-corrected chi connectivity index (χ1v) is 6.99. The molecule has 0 fully saturated rings. The van der Waals surface area contributed by atoms with Crippen molar-refractivity contribution in [2.24, 2.45) is 0 Å². The molecule has 3 rings (SSSR count). The molecule has 2 aromatic rings. The molecule has 0 saturated carbocycles. The van der Waals surface area contributed by atoms with Crippen molar-refractivity contribution in [2.45, 2.75) is 13.3 Å². The lowest BCUT2D eigenvalue weighted by Crippen LogP contribution is -2.04. The molecule has 0 aliphatic carbocycles. The molecule has 0 bridgehead atoms. The number of esters is 1. The molecule has 21 heavy (non-hydrogen) atoms. The van der Waals surface area contributed by atoms with Crippen LogP contribution >= 0.6 is 0 Å². The van der Waals surface area contributed by atoms with Gasteiger partial charge in [-0.15, -0.1) is 0 Å². The Morgan fingerprint density at radius 2 is 2.14 bits per heavy atom. The average molecular weight is 280 g/mol. The summed E-state index contributed by atoms with van der Waals surface area (Å²) in [6.07, 6.45) is 5.62.